The van der Waals surface area contributed by atoms with Crippen LogP contribution < -0.4 is 10.0 Å². The fourth-order valence-electron chi connectivity index (χ4n) is 2.38. The summed E-state index contributed by atoms with van der Waals surface area (Å²) < 4.78 is 27.2. The summed E-state index contributed by atoms with van der Waals surface area (Å²) in [4.78, 5) is 0.247. The van der Waals surface area contributed by atoms with Gasteiger partial charge in [0.15, 0.2) is 0 Å². The van der Waals surface area contributed by atoms with Crippen LogP contribution in [0.5, 0.6) is 0 Å². The molecule has 3 rings (SSSR count). The third kappa shape index (κ3) is 4.61. The van der Waals surface area contributed by atoms with Crippen LogP contribution in [0, 0.1) is 6.92 Å². The zero-order chi connectivity index (χ0) is 17.7. The van der Waals surface area contributed by atoms with Crippen LogP contribution in [0.15, 0.2) is 83.8 Å². The Hall–Kier alpha value is -2.79. The van der Waals surface area contributed by atoms with Gasteiger partial charge in [0.2, 0.25) is 0 Å². The van der Waals surface area contributed by atoms with E-state index in [0.717, 1.165) is 12.2 Å². The van der Waals surface area contributed by atoms with Gasteiger partial charge in [-0.2, -0.15) is 0 Å². The molecule has 128 valence electrons. The van der Waals surface area contributed by atoms with Crippen molar-refractivity contribution in [2.75, 3.05) is 10.0 Å². The van der Waals surface area contributed by atoms with Gasteiger partial charge in [-0.25, -0.2) is 8.42 Å². The molecule has 5 heteroatoms. The molecule has 0 aromatic heterocycles. The van der Waals surface area contributed by atoms with Crippen molar-refractivity contribution in [2.45, 2.75) is 18.4 Å². The van der Waals surface area contributed by atoms with Crippen LogP contribution in [0.4, 0.5) is 11.4 Å². The van der Waals surface area contributed by atoms with Crippen LogP contribution in [0.3, 0.4) is 0 Å². The first-order valence-electron chi connectivity index (χ1n) is 8.00. The zero-order valence-electron chi connectivity index (χ0n) is 13.9. The van der Waals surface area contributed by atoms with Crippen LogP contribution in [-0.4, -0.2) is 8.42 Å². The Bertz CT molecular complexity index is 920. The Labute approximate surface area is 148 Å². The summed E-state index contributed by atoms with van der Waals surface area (Å²) in [5, 5.41) is 3.32. The molecule has 4 nitrogen and oxygen atoms in total. The van der Waals surface area contributed by atoms with Gasteiger partial charge in [0, 0.05) is 17.9 Å². The zero-order valence-corrected chi connectivity index (χ0v) is 14.8. The molecule has 0 saturated carbocycles. The van der Waals surface area contributed by atoms with E-state index in [0.29, 0.717) is 5.69 Å². The van der Waals surface area contributed by atoms with Gasteiger partial charge >= 0.3 is 0 Å². The first kappa shape index (κ1) is 17.0. The SMILES string of the molecule is Cc1ccc(CNc2ccc(NS(=O)(=O)c3ccccc3)cc2)cc1. The molecule has 25 heavy (non-hydrogen) atoms. The van der Waals surface area contributed by atoms with Gasteiger partial charge in [-0.3, -0.25) is 4.72 Å². The van der Waals surface area contributed by atoms with E-state index < -0.39 is 10.0 Å². The molecule has 0 radical (unpaired) electrons. The lowest BCUT2D eigenvalue weighted by Gasteiger charge is -2.10. The van der Waals surface area contributed by atoms with Gasteiger partial charge in [-0.1, -0.05) is 48.0 Å². The number of sulfonamides is 1. The highest BCUT2D eigenvalue weighted by Crippen LogP contribution is 2.18. The van der Waals surface area contributed by atoms with Gasteiger partial charge < -0.3 is 5.32 Å². The highest BCUT2D eigenvalue weighted by molar-refractivity contribution is 7.92. The predicted octanol–water partition coefficient (Wildman–Crippen LogP) is 4.41. The molecular weight excluding hydrogens is 332 g/mol. The maximum Gasteiger partial charge on any atom is 0.261 e. The van der Waals surface area contributed by atoms with E-state index in [1.54, 1.807) is 42.5 Å². The average molecular weight is 352 g/mol. The summed E-state index contributed by atoms with van der Waals surface area (Å²) in [6.07, 6.45) is 0. The number of benzene rings is 3. The quantitative estimate of drug-likeness (QED) is 0.691. The molecule has 0 atom stereocenters. The van der Waals surface area contributed by atoms with Crippen molar-refractivity contribution in [1.82, 2.24) is 0 Å². The molecule has 3 aromatic carbocycles. The van der Waals surface area contributed by atoms with Crippen molar-refractivity contribution in [3.63, 3.8) is 0 Å². The Kier molecular flexibility index (Phi) is 5.05. The summed E-state index contributed by atoms with van der Waals surface area (Å²) in [5.74, 6) is 0. The fraction of sp³-hybridized carbons (Fsp3) is 0.100. The van der Waals surface area contributed by atoms with Crippen molar-refractivity contribution in [2.24, 2.45) is 0 Å². The monoisotopic (exact) mass is 352 g/mol. The molecular formula is C20H20N2O2S. The van der Waals surface area contributed by atoms with Crippen LogP contribution in [0.2, 0.25) is 0 Å². The van der Waals surface area contributed by atoms with Gasteiger partial charge in [-0.15, -0.1) is 0 Å². The van der Waals surface area contributed by atoms with E-state index in [9.17, 15) is 8.42 Å². The molecule has 0 aliphatic heterocycles. The number of anilines is 2. The van der Waals surface area contributed by atoms with Crippen LogP contribution in [0.25, 0.3) is 0 Å². The molecule has 0 heterocycles. The molecule has 0 aliphatic carbocycles. The summed E-state index contributed by atoms with van der Waals surface area (Å²) in [5.41, 5.74) is 3.89. The molecule has 0 unspecified atom stereocenters. The number of hydrogen-bond donors (Lipinski definition) is 2. The van der Waals surface area contributed by atoms with Crippen molar-refractivity contribution >= 4 is 21.4 Å². The minimum absolute atomic E-state index is 0.247. The third-order valence-electron chi connectivity index (χ3n) is 3.81. The van der Waals surface area contributed by atoms with E-state index in [-0.39, 0.29) is 4.90 Å². The molecule has 0 aliphatic rings. The maximum absolute atomic E-state index is 12.3. The Morgan fingerprint density at radius 1 is 0.760 bits per heavy atom. The van der Waals surface area contributed by atoms with Crippen molar-refractivity contribution in [1.29, 1.82) is 0 Å². The topological polar surface area (TPSA) is 58.2 Å². The number of aryl methyl sites for hydroxylation is 1. The second-order valence-corrected chi connectivity index (χ2v) is 7.52. The fourth-order valence-corrected chi connectivity index (χ4v) is 3.46. The summed E-state index contributed by atoms with van der Waals surface area (Å²) in [7, 11) is -3.56. The lowest BCUT2D eigenvalue weighted by molar-refractivity contribution is 0.601. The lowest BCUT2D eigenvalue weighted by atomic mass is 10.1. The highest BCUT2D eigenvalue weighted by Gasteiger charge is 2.13. The number of nitrogens with one attached hydrogen (secondary N) is 2. The van der Waals surface area contributed by atoms with Crippen LogP contribution >= 0.6 is 0 Å². The molecule has 0 fully saturated rings. The third-order valence-corrected chi connectivity index (χ3v) is 5.21. The van der Waals surface area contributed by atoms with Crippen molar-refractivity contribution in [3.8, 4) is 0 Å². The van der Waals surface area contributed by atoms with E-state index in [2.05, 4.69) is 41.2 Å². The average Bonchev–Trinajstić information content (AvgIpc) is 2.63. The normalized spacial score (nSPS) is 11.1. The largest absolute Gasteiger partial charge is 0.381 e. The number of rotatable bonds is 6. The molecule has 0 bridgehead atoms. The van der Waals surface area contributed by atoms with Gasteiger partial charge in [0.05, 0.1) is 4.90 Å². The second-order valence-electron chi connectivity index (χ2n) is 5.84. The lowest BCUT2D eigenvalue weighted by Crippen LogP contribution is -2.12. The van der Waals surface area contributed by atoms with E-state index in [1.165, 1.54) is 11.1 Å². The van der Waals surface area contributed by atoms with Crippen molar-refractivity contribution < 1.29 is 8.42 Å². The van der Waals surface area contributed by atoms with Crippen molar-refractivity contribution in [3.05, 3.63) is 90.0 Å². The predicted molar refractivity (Wildman–Crippen MR) is 102 cm³/mol. The van der Waals surface area contributed by atoms with Gasteiger partial charge in [0.25, 0.3) is 10.0 Å². The van der Waals surface area contributed by atoms with Gasteiger partial charge in [0.1, 0.15) is 0 Å². The Morgan fingerprint density at radius 3 is 2.00 bits per heavy atom. The summed E-state index contributed by atoms with van der Waals surface area (Å²) >= 11 is 0. The first-order valence-corrected chi connectivity index (χ1v) is 9.49. The maximum atomic E-state index is 12.3. The van der Waals surface area contributed by atoms with E-state index in [1.807, 2.05) is 12.1 Å². The number of hydrogen-bond acceptors (Lipinski definition) is 3. The Morgan fingerprint density at radius 2 is 1.36 bits per heavy atom. The molecule has 2 N–H and O–H groups in total. The minimum atomic E-state index is -3.56. The second kappa shape index (κ2) is 7.40. The van der Waals surface area contributed by atoms with E-state index in [4.69, 9.17) is 0 Å². The summed E-state index contributed by atoms with van der Waals surface area (Å²) in [6, 6.07) is 23.9. The minimum Gasteiger partial charge on any atom is -0.381 e. The van der Waals surface area contributed by atoms with Crippen LogP contribution in [0.1, 0.15) is 11.1 Å². The standard InChI is InChI=1S/C20H20N2O2S/c1-16-7-9-17(10-8-16)15-21-18-11-13-19(14-12-18)22-25(23,24)20-5-3-2-4-6-20/h2-14,21-22H,15H2,1H3. The molecule has 0 saturated heterocycles. The highest BCUT2D eigenvalue weighted by atomic mass is 32.2. The first-order chi connectivity index (χ1) is 12.0. The summed E-state index contributed by atoms with van der Waals surface area (Å²) in [6.45, 7) is 2.78. The molecule has 3 aromatic rings. The van der Waals surface area contributed by atoms with E-state index >= 15 is 0 Å². The smallest absolute Gasteiger partial charge is 0.261 e. The Balaban J connectivity index is 1.63. The molecule has 0 amide bonds. The van der Waals surface area contributed by atoms with Crippen LogP contribution in [-0.2, 0) is 16.6 Å². The molecule has 0 spiro atoms. The van der Waals surface area contributed by atoms with Gasteiger partial charge in [-0.05, 0) is 48.9 Å².